The maximum absolute atomic E-state index is 9.53. The Kier molecular flexibility index (Phi) is 3.50. The summed E-state index contributed by atoms with van der Waals surface area (Å²) in [6, 6.07) is 1.97. The maximum Gasteiger partial charge on any atom is 0.141 e. The van der Waals surface area contributed by atoms with Crippen LogP contribution in [0.5, 0.6) is 0 Å². The van der Waals surface area contributed by atoms with Gasteiger partial charge in [-0.05, 0) is 47.3 Å². The molecule has 1 aliphatic rings. The lowest BCUT2D eigenvalue weighted by molar-refractivity contribution is 0.213. The van der Waals surface area contributed by atoms with Crippen molar-refractivity contribution in [2.45, 2.75) is 38.1 Å². The minimum Gasteiger partial charge on any atom is -0.394 e. The van der Waals surface area contributed by atoms with E-state index in [-0.39, 0.29) is 12.1 Å². The van der Waals surface area contributed by atoms with Gasteiger partial charge in [-0.1, -0.05) is 12.8 Å². The number of nitrogens with zero attached hydrogens (tertiary/aromatic N) is 1. The van der Waals surface area contributed by atoms with E-state index in [2.05, 4.69) is 26.2 Å². The van der Waals surface area contributed by atoms with Gasteiger partial charge in [0.15, 0.2) is 0 Å². The largest absolute Gasteiger partial charge is 0.394 e. The predicted molar refractivity (Wildman–Crippen MR) is 68.6 cm³/mol. The quantitative estimate of drug-likeness (QED) is 0.897. The van der Waals surface area contributed by atoms with Gasteiger partial charge in [0, 0.05) is 6.20 Å². The third-order valence-electron chi connectivity index (χ3n) is 3.33. The first kappa shape index (κ1) is 11.9. The van der Waals surface area contributed by atoms with Crippen LogP contribution in [0.25, 0.3) is 0 Å². The smallest absolute Gasteiger partial charge is 0.141 e. The standard InChI is InChI=1S/C12H17BrN2O/c1-9-4-7-14-11(10(9)13)15-12(8-16)5-2-3-6-12/h4,7,16H,2-3,5-6,8H2,1H3,(H,14,15). The van der Waals surface area contributed by atoms with Crippen molar-refractivity contribution in [3.8, 4) is 0 Å². The molecule has 3 nitrogen and oxygen atoms in total. The molecule has 2 rings (SSSR count). The van der Waals surface area contributed by atoms with E-state index in [1.165, 1.54) is 12.8 Å². The highest BCUT2D eigenvalue weighted by Gasteiger charge is 2.33. The van der Waals surface area contributed by atoms with Crippen LogP contribution in [0.15, 0.2) is 16.7 Å². The van der Waals surface area contributed by atoms with E-state index in [4.69, 9.17) is 0 Å². The van der Waals surface area contributed by atoms with Gasteiger partial charge < -0.3 is 10.4 Å². The summed E-state index contributed by atoms with van der Waals surface area (Å²) in [7, 11) is 0. The van der Waals surface area contributed by atoms with Crippen LogP contribution in [0.2, 0.25) is 0 Å². The van der Waals surface area contributed by atoms with Gasteiger partial charge in [-0.3, -0.25) is 0 Å². The molecule has 0 atom stereocenters. The monoisotopic (exact) mass is 284 g/mol. The van der Waals surface area contributed by atoms with Crippen molar-refractivity contribution in [2.24, 2.45) is 0 Å². The van der Waals surface area contributed by atoms with Crippen molar-refractivity contribution in [3.63, 3.8) is 0 Å². The number of aliphatic hydroxyl groups is 1. The van der Waals surface area contributed by atoms with Gasteiger partial charge in [-0.15, -0.1) is 0 Å². The molecule has 0 bridgehead atoms. The Morgan fingerprint density at radius 2 is 2.19 bits per heavy atom. The van der Waals surface area contributed by atoms with Crippen LogP contribution in [-0.2, 0) is 0 Å². The Hall–Kier alpha value is -0.610. The highest BCUT2D eigenvalue weighted by atomic mass is 79.9. The van der Waals surface area contributed by atoms with E-state index >= 15 is 0 Å². The molecule has 0 aliphatic heterocycles. The van der Waals surface area contributed by atoms with Crippen LogP contribution in [0.1, 0.15) is 31.2 Å². The van der Waals surface area contributed by atoms with Crippen LogP contribution < -0.4 is 5.32 Å². The van der Waals surface area contributed by atoms with E-state index < -0.39 is 0 Å². The van der Waals surface area contributed by atoms with E-state index in [1.807, 2.05) is 13.0 Å². The van der Waals surface area contributed by atoms with Crippen molar-refractivity contribution in [1.29, 1.82) is 0 Å². The number of rotatable bonds is 3. The molecule has 0 aromatic carbocycles. The number of aromatic nitrogens is 1. The van der Waals surface area contributed by atoms with Crippen molar-refractivity contribution < 1.29 is 5.11 Å². The van der Waals surface area contributed by atoms with E-state index in [1.54, 1.807) is 6.20 Å². The Morgan fingerprint density at radius 3 is 2.81 bits per heavy atom. The van der Waals surface area contributed by atoms with Gasteiger partial charge in [0.05, 0.1) is 16.6 Å². The summed E-state index contributed by atoms with van der Waals surface area (Å²) >= 11 is 3.53. The van der Waals surface area contributed by atoms with Crippen LogP contribution in [0.3, 0.4) is 0 Å². The third-order valence-corrected chi connectivity index (χ3v) is 4.33. The minimum atomic E-state index is -0.163. The summed E-state index contributed by atoms with van der Waals surface area (Å²) < 4.78 is 0.995. The van der Waals surface area contributed by atoms with E-state index in [0.29, 0.717) is 0 Å². The number of anilines is 1. The fourth-order valence-corrected chi connectivity index (χ4v) is 2.59. The molecule has 2 N–H and O–H groups in total. The zero-order valence-corrected chi connectivity index (χ0v) is 11.0. The summed E-state index contributed by atoms with van der Waals surface area (Å²) in [5, 5.41) is 12.9. The molecular formula is C12H17BrN2O. The molecular weight excluding hydrogens is 268 g/mol. The molecule has 4 heteroatoms. The third kappa shape index (κ3) is 2.23. The number of nitrogens with one attached hydrogen (secondary N) is 1. The highest BCUT2D eigenvalue weighted by Crippen LogP contribution is 2.34. The zero-order valence-electron chi connectivity index (χ0n) is 9.46. The predicted octanol–water partition coefficient (Wildman–Crippen LogP) is 2.87. The lowest BCUT2D eigenvalue weighted by atomic mass is 9.99. The first-order valence-corrected chi connectivity index (χ1v) is 6.46. The van der Waals surface area contributed by atoms with Crippen molar-refractivity contribution in [1.82, 2.24) is 4.98 Å². The second kappa shape index (κ2) is 4.72. The second-order valence-corrected chi connectivity index (χ2v) is 5.35. The lowest BCUT2D eigenvalue weighted by Gasteiger charge is -2.29. The Labute approximate surface area is 104 Å². The van der Waals surface area contributed by atoms with Crippen LogP contribution in [0, 0.1) is 6.92 Å². The molecule has 0 unspecified atom stereocenters. The minimum absolute atomic E-state index is 0.163. The van der Waals surface area contributed by atoms with Crippen molar-refractivity contribution in [3.05, 3.63) is 22.3 Å². The summed E-state index contributed by atoms with van der Waals surface area (Å²) in [5.74, 6) is 0.843. The SMILES string of the molecule is Cc1ccnc(NC2(CO)CCCC2)c1Br. The van der Waals surface area contributed by atoms with Gasteiger partial charge >= 0.3 is 0 Å². The van der Waals surface area contributed by atoms with Crippen LogP contribution in [0.4, 0.5) is 5.82 Å². The van der Waals surface area contributed by atoms with E-state index in [0.717, 1.165) is 28.7 Å². The second-order valence-electron chi connectivity index (χ2n) is 4.56. The van der Waals surface area contributed by atoms with Gasteiger partial charge in [0.25, 0.3) is 0 Å². The van der Waals surface area contributed by atoms with Gasteiger partial charge in [-0.2, -0.15) is 0 Å². The maximum atomic E-state index is 9.53. The molecule has 1 fully saturated rings. The molecule has 1 aliphatic carbocycles. The van der Waals surface area contributed by atoms with Crippen LogP contribution in [-0.4, -0.2) is 22.2 Å². The van der Waals surface area contributed by atoms with Crippen LogP contribution >= 0.6 is 15.9 Å². The molecule has 1 aromatic heterocycles. The topological polar surface area (TPSA) is 45.2 Å². The Bertz CT molecular complexity index is 375. The first-order valence-electron chi connectivity index (χ1n) is 5.67. The normalized spacial score (nSPS) is 18.7. The molecule has 1 saturated carbocycles. The average Bonchev–Trinajstić information content (AvgIpc) is 2.74. The highest BCUT2D eigenvalue weighted by molar-refractivity contribution is 9.10. The number of halogens is 1. The average molecular weight is 285 g/mol. The Morgan fingerprint density at radius 1 is 1.50 bits per heavy atom. The lowest BCUT2D eigenvalue weighted by Crippen LogP contribution is -2.39. The fourth-order valence-electron chi connectivity index (χ4n) is 2.25. The number of aryl methyl sites for hydroxylation is 1. The molecule has 88 valence electrons. The first-order chi connectivity index (χ1) is 7.67. The molecule has 1 aromatic rings. The summed E-state index contributed by atoms with van der Waals surface area (Å²) in [6.45, 7) is 2.21. The fraction of sp³-hybridized carbons (Fsp3) is 0.583. The van der Waals surface area contributed by atoms with Gasteiger partial charge in [0.1, 0.15) is 5.82 Å². The number of pyridine rings is 1. The zero-order chi connectivity index (χ0) is 11.6. The summed E-state index contributed by atoms with van der Waals surface area (Å²) in [5.41, 5.74) is 0.993. The molecule has 0 spiro atoms. The number of hydrogen-bond acceptors (Lipinski definition) is 3. The summed E-state index contributed by atoms with van der Waals surface area (Å²) in [6.07, 6.45) is 6.19. The van der Waals surface area contributed by atoms with Gasteiger partial charge in [-0.25, -0.2) is 4.98 Å². The summed E-state index contributed by atoms with van der Waals surface area (Å²) in [4.78, 5) is 4.33. The number of hydrogen-bond donors (Lipinski definition) is 2. The molecule has 0 radical (unpaired) electrons. The Balaban J connectivity index is 2.22. The number of aliphatic hydroxyl groups excluding tert-OH is 1. The van der Waals surface area contributed by atoms with Crippen molar-refractivity contribution >= 4 is 21.7 Å². The molecule has 0 saturated heterocycles. The van der Waals surface area contributed by atoms with Crippen molar-refractivity contribution in [2.75, 3.05) is 11.9 Å². The molecule has 16 heavy (non-hydrogen) atoms. The van der Waals surface area contributed by atoms with E-state index in [9.17, 15) is 5.11 Å². The molecule has 0 amide bonds. The van der Waals surface area contributed by atoms with Gasteiger partial charge in [0.2, 0.25) is 0 Å². The molecule has 1 heterocycles.